The lowest BCUT2D eigenvalue weighted by Gasteiger charge is -2.19. The predicted octanol–water partition coefficient (Wildman–Crippen LogP) is 3.01. The quantitative estimate of drug-likeness (QED) is 0.772. The summed E-state index contributed by atoms with van der Waals surface area (Å²) in [5.41, 5.74) is 1.21. The van der Waals surface area contributed by atoms with Gasteiger partial charge in [0.1, 0.15) is 0 Å². The zero-order valence-corrected chi connectivity index (χ0v) is 11.1. The topological polar surface area (TPSA) is 23.5 Å². The zero-order chi connectivity index (χ0) is 12.0. The number of rotatable bonds is 6. The molecular formula is C13H21NOS. The molecule has 0 bridgehead atoms. The SMILES string of the molecule is CC(C)Sc1ccc(N(C)CCCO)cc1. The van der Waals surface area contributed by atoms with Gasteiger partial charge in [-0.15, -0.1) is 11.8 Å². The molecule has 1 N–H and O–H groups in total. The van der Waals surface area contributed by atoms with Crippen LogP contribution in [0.15, 0.2) is 29.2 Å². The van der Waals surface area contributed by atoms with E-state index < -0.39 is 0 Å². The number of aliphatic hydroxyl groups is 1. The van der Waals surface area contributed by atoms with Gasteiger partial charge >= 0.3 is 0 Å². The number of hydrogen-bond donors (Lipinski definition) is 1. The van der Waals surface area contributed by atoms with Crippen LogP contribution in [0.3, 0.4) is 0 Å². The summed E-state index contributed by atoms with van der Waals surface area (Å²) in [6, 6.07) is 8.61. The Morgan fingerprint density at radius 1 is 1.25 bits per heavy atom. The summed E-state index contributed by atoms with van der Waals surface area (Å²) < 4.78 is 0. The Morgan fingerprint density at radius 2 is 1.88 bits per heavy atom. The minimum atomic E-state index is 0.256. The molecule has 90 valence electrons. The Bertz CT molecular complexity index is 297. The standard InChI is InChI=1S/C13H21NOS/c1-11(2)16-13-7-5-12(6-8-13)14(3)9-4-10-15/h5-8,11,15H,4,9-10H2,1-3H3. The van der Waals surface area contributed by atoms with Crippen LogP contribution in [0.2, 0.25) is 0 Å². The third kappa shape index (κ3) is 4.45. The van der Waals surface area contributed by atoms with Crippen LogP contribution in [0.25, 0.3) is 0 Å². The van der Waals surface area contributed by atoms with E-state index in [-0.39, 0.29) is 6.61 Å². The van der Waals surface area contributed by atoms with Crippen LogP contribution in [0.1, 0.15) is 20.3 Å². The van der Waals surface area contributed by atoms with Crippen molar-refractivity contribution in [3.8, 4) is 0 Å². The third-order valence-corrected chi connectivity index (χ3v) is 3.32. The second kappa shape index (κ2) is 6.81. The van der Waals surface area contributed by atoms with Crippen molar-refractivity contribution < 1.29 is 5.11 Å². The van der Waals surface area contributed by atoms with Crippen LogP contribution in [0.4, 0.5) is 5.69 Å². The van der Waals surface area contributed by atoms with Crippen molar-refractivity contribution in [2.24, 2.45) is 0 Å². The van der Waals surface area contributed by atoms with Gasteiger partial charge in [-0.3, -0.25) is 0 Å². The maximum Gasteiger partial charge on any atom is 0.0447 e. The van der Waals surface area contributed by atoms with E-state index in [4.69, 9.17) is 5.11 Å². The fourth-order valence-corrected chi connectivity index (χ4v) is 2.33. The third-order valence-electron chi connectivity index (χ3n) is 2.30. The number of nitrogens with zero attached hydrogens (tertiary/aromatic N) is 1. The van der Waals surface area contributed by atoms with E-state index in [1.54, 1.807) is 0 Å². The molecule has 3 heteroatoms. The van der Waals surface area contributed by atoms with Gasteiger partial charge in [0.05, 0.1) is 0 Å². The van der Waals surface area contributed by atoms with Gasteiger partial charge < -0.3 is 10.0 Å². The van der Waals surface area contributed by atoms with Crippen LogP contribution >= 0.6 is 11.8 Å². The Hall–Kier alpha value is -0.670. The zero-order valence-electron chi connectivity index (χ0n) is 10.3. The molecule has 0 radical (unpaired) electrons. The minimum absolute atomic E-state index is 0.256. The van der Waals surface area contributed by atoms with Crippen molar-refractivity contribution in [3.63, 3.8) is 0 Å². The fraction of sp³-hybridized carbons (Fsp3) is 0.538. The van der Waals surface area contributed by atoms with Gasteiger partial charge in [-0.2, -0.15) is 0 Å². The highest BCUT2D eigenvalue weighted by atomic mass is 32.2. The van der Waals surface area contributed by atoms with Gasteiger partial charge in [0.25, 0.3) is 0 Å². The molecule has 1 aromatic carbocycles. The average Bonchev–Trinajstić information content (AvgIpc) is 2.26. The Kier molecular flexibility index (Phi) is 5.71. The van der Waals surface area contributed by atoms with Crippen molar-refractivity contribution in [3.05, 3.63) is 24.3 Å². The van der Waals surface area contributed by atoms with Crippen LogP contribution in [0.5, 0.6) is 0 Å². The lowest BCUT2D eigenvalue weighted by atomic mass is 10.3. The molecule has 16 heavy (non-hydrogen) atoms. The summed E-state index contributed by atoms with van der Waals surface area (Å²) in [5.74, 6) is 0. The molecule has 0 fully saturated rings. The molecule has 0 amide bonds. The Balaban J connectivity index is 2.56. The number of anilines is 1. The van der Waals surface area contributed by atoms with Crippen molar-refractivity contribution in [2.75, 3.05) is 25.1 Å². The number of thioether (sulfide) groups is 1. The summed E-state index contributed by atoms with van der Waals surface area (Å²) in [6.07, 6.45) is 0.818. The van der Waals surface area contributed by atoms with Gasteiger partial charge in [0, 0.05) is 36.0 Å². The molecule has 2 nitrogen and oxygen atoms in total. The molecule has 0 heterocycles. The second-order valence-corrected chi connectivity index (χ2v) is 5.81. The van der Waals surface area contributed by atoms with Gasteiger partial charge in [0.15, 0.2) is 0 Å². The van der Waals surface area contributed by atoms with E-state index in [1.165, 1.54) is 10.6 Å². The first-order valence-electron chi connectivity index (χ1n) is 5.72. The van der Waals surface area contributed by atoms with Crippen molar-refractivity contribution in [1.82, 2.24) is 0 Å². The van der Waals surface area contributed by atoms with Crippen LogP contribution in [0, 0.1) is 0 Å². The van der Waals surface area contributed by atoms with Crippen LogP contribution in [-0.2, 0) is 0 Å². The molecule has 0 unspecified atom stereocenters. The number of benzene rings is 1. The van der Waals surface area contributed by atoms with E-state index in [2.05, 4.69) is 50.1 Å². The first-order chi connectivity index (χ1) is 7.63. The van der Waals surface area contributed by atoms with Gasteiger partial charge in [0.2, 0.25) is 0 Å². The molecule has 0 aliphatic heterocycles. The highest BCUT2D eigenvalue weighted by Crippen LogP contribution is 2.25. The summed E-state index contributed by atoms with van der Waals surface area (Å²) in [5, 5.41) is 9.40. The molecule has 0 atom stereocenters. The Morgan fingerprint density at radius 3 is 2.38 bits per heavy atom. The summed E-state index contributed by atoms with van der Waals surface area (Å²) >= 11 is 1.88. The summed E-state index contributed by atoms with van der Waals surface area (Å²) in [4.78, 5) is 3.48. The molecule has 1 aromatic rings. The van der Waals surface area contributed by atoms with E-state index in [0.29, 0.717) is 5.25 Å². The van der Waals surface area contributed by atoms with Gasteiger partial charge in [-0.25, -0.2) is 0 Å². The van der Waals surface area contributed by atoms with E-state index in [1.807, 2.05) is 11.8 Å². The maximum absolute atomic E-state index is 8.78. The summed E-state index contributed by atoms with van der Waals surface area (Å²) in [7, 11) is 2.06. The normalized spacial score (nSPS) is 10.8. The van der Waals surface area contributed by atoms with Crippen LogP contribution in [-0.4, -0.2) is 30.6 Å². The molecular weight excluding hydrogens is 218 g/mol. The van der Waals surface area contributed by atoms with E-state index in [9.17, 15) is 0 Å². The molecule has 1 rings (SSSR count). The molecule has 0 spiro atoms. The monoisotopic (exact) mass is 239 g/mol. The van der Waals surface area contributed by atoms with E-state index >= 15 is 0 Å². The molecule has 0 aliphatic rings. The van der Waals surface area contributed by atoms with E-state index in [0.717, 1.165) is 13.0 Å². The fourth-order valence-electron chi connectivity index (χ4n) is 1.49. The predicted molar refractivity (Wildman–Crippen MR) is 72.4 cm³/mol. The van der Waals surface area contributed by atoms with Crippen molar-refractivity contribution in [1.29, 1.82) is 0 Å². The number of hydrogen-bond acceptors (Lipinski definition) is 3. The molecule has 0 aromatic heterocycles. The number of aliphatic hydroxyl groups excluding tert-OH is 1. The van der Waals surface area contributed by atoms with Gasteiger partial charge in [-0.1, -0.05) is 13.8 Å². The second-order valence-electron chi connectivity index (χ2n) is 4.16. The highest BCUT2D eigenvalue weighted by Gasteiger charge is 2.02. The highest BCUT2D eigenvalue weighted by molar-refractivity contribution is 7.99. The Labute approximate surface area is 103 Å². The molecule has 0 saturated carbocycles. The lowest BCUT2D eigenvalue weighted by Crippen LogP contribution is -2.19. The molecule has 0 aliphatic carbocycles. The van der Waals surface area contributed by atoms with Gasteiger partial charge in [-0.05, 0) is 30.7 Å². The lowest BCUT2D eigenvalue weighted by molar-refractivity contribution is 0.290. The van der Waals surface area contributed by atoms with Crippen LogP contribution < -0.4 is 4.90 Å². The largest absolute Gasteiger partial charge is 0.396 e. The maximum atomic E-state index is 8.78. The average molecular weight is 239 g/mol. The summed E-state index contributed by atoms with van der Waals surface area (Å²) in [6.45, 7) is 5.55. The minimum Gasteiger partial charge on any atom is -0.396 e. The van der Waals surface area contributed by atoms with Crippen molar-refractivity contribution >= 4 is 17.4 Å². The smallest absolute Gasteiger partial charge is 0.0447 e. The van der Waals surface area contributed by atoms with Crippen molar-refractivity contribution in [2.45, 2.75) is 30.4 Å². The molecule has 0 saturated heterocycles. The first-order valence-corrected chi connectivity index (χ1v) is 6.60. The first kappa shape index (κ1) is 13.4.